The number of ether oxygens (including phenoxy) is 3. The highest BCUT2D eigenvalue weighted by Crippen LogP contribution is 2.37. The second kappa shape index (κ2) is 7.40. The Bertz CT molecular complexity index is 591. The average molecular weight is 335 g/mol. The molecule has 0 radical (unpaired) electrons. The maximum Gasteiger partial charge on any atom is 0.231 e. The van der Waals surface area contributed by atoms with Crippen LogP contribution in [0.4, 0.5) is 0 Å². The molecule has 1 atom stereocenters. The number of fused-ring (bicyclic) bond motifs is 1. The molecule has 2 aliphatic rings. The highest BCUT2D eigenvalue weighted by atomic mass is 16.7. The van der Waals surface area contributed by atoms with Crippen LogP contribution in [0, 0.1) is 5.41 Å². The molecule has 6 heteroatoms. The van der Waals surface area contributed by atoms with Gasteiger partial charge in [-0.1, -0.05) is 13.0 Å². The van der Waals surface area contributed by atoms with Gasteiger partial charge in [-0.2, -0.15) is 0 Å². The summed E-state index contributed by atoms with van der Waals surface area (Å²) in [4.78, 5) is 14.0. The predicted octanol–water partition coefficient (Wildman–Crippen LogP) is 1.60. The molecule has 2 aliphatic heterocycles. The van der Waals surface area contributed by atoms with Crippen molar-refractivity contribution in [3.05, 3.63) is 23.8 Å². The Labute approximate surface area is 142 Å². The minimum atomic E-state index is 0.00970. The molecule has 1 amide bonds. The zero-order chi connectivity index (χ0) is 17.0. The summed E-state index contributed by atoms with van der Waals surface area (Å²) in [6, 6.07) is 6.07. The maximum atomic E-state index is 12.1. The van der Waals surface area contributed by atoms with Gasteiger partial charge in [0.25, 0.3) is 0 Å². The van der Waals surface area contributed by atoms with Gasteiger partial charge in [0.05, 0.1) is 19.8 Å². The summed E-state index contributed by atoms with van der Waals surface area (Å²) in [6.45, 7) is 4.61. The van der Waals surface area contributed by atoms with Crippen LogP contribution in [0.2, 0.25) is 0 Å². The molecule has 0 aromatic heterocycles. The molecule has 0 unspecified atom stereocenters. The summed E-state index contributed by atoms with van der Waals surface area (Å²) in [5.74, 6) is 1.79. The van der Waals surface area contributed by atoms with Crippen LogP contribution >= 0.6 is 0 Å². The third kappa shape index (κ3) is 3.99. The lowest BCUT2D eigenvalue weighted by Crippen LogP contribution is -2.47. The lowest BCUT2D eigenvalue weighted by molar-refractivity contribution is -0.138. The number of hydrogen-bond acceptors (Lipinski definition) is 5. The fourth-order valence-corrected chi connectivity index (χ4v) is 3.43. The molecule has 0 bridgehead atoms. The molecule has 132 valence electrons. The molecule has 1 aromatic rings. The highest BCUT2D eigenvalue weighted by Gasteiger charge is 2.35. The van der Waals surface area contributed by atoms with Crippen LogP contribution in [0.15, 0.2) is 18.2 Å². The zero-order valence-corrected chi connectivity index (χ0v) is 14.1. The van der Waals surface area contributed by atoms with E-state index < -0.39 is 0 Å². The lowest BCUT2D eigenvalue weighted by atomic mass is 9.76. The second-order valence-corrected chi connectivity index (χ2v) is 6.83. The molecular formula is C18H25NO5. The topological polar surface area (TPSA) is 68.2 Å². The molecule has 3 rings (SSSR count). The molecule has 6 nitrogen and oxygen atoms in total. The first-order valence-electron chi connectivity index (χ1n) is 8.45. The van der Waals surface area contributed by atoms with Crippen molar-refractivity contribution in [3.8, 4) is 11.5 Å². The Hall–Kier alpha value is -1.79. The van der Waals surface area contributed by atoms with Crippen LogP contribution in [0.5, 0.6) is 11.5 Å². The Morgan fingerprint density at radius 3 is 2.96 bits per heavy atom. The van der Waals surface area contributed by atoms with Gasteiger partial charge in [0.2, 0.25) is 12.7 Å². The van der Waals surface area contributed by atoms with Gasteiger partial charge in [0, 0.05) is 19.5 Å². The Morgan fingerprint density at radius 1 is 1.29 bits per heavy atom. The normalized spacial score (nSPS) is 22.9. The SMILES string of the molecule is C[C@@]1(Cc2ccc3c(c2)OCO3)CCC(=O)N(CCOCCO)C1. The van der Waals surface area contributed by atoms with Crippen LogP contribution in [0.1, 0.15) is 25.3 Å². The van der Waals surface area contributed by atoms with Crippen molar-refractivity contribution in [2.45, 2.75) is 26.2 Å². The van der Waals surface area contributed by atoms with E-state index in [-0.39, 0.29) is 24.7 Å². The van der Waals surface area contributed by atoms with Gasteiger partial charge in [-0.05, 0) is 36.0 Å². The minimum Gasteiger partial charge on any atom is -0.454 e. The maximum absolute atomic E-state index is 12.1. The van der Waals surface area contributed by atoms with E-state index in [0.717, 1.165) is 30.9 Å². The van der Waals surface area contributed by atoms with Gasteiger partial charge in [-0.15, -0.1) is 0 Å². The third-order valence-electron chi connectivity index (χ3n) is 4.68. The fourth-order valence-electron chi connectivity index (χ4n) is 3.43. The Kier molecular flexibility index (Phi) is 5.26. The fraction of sp³-hybridized carbons (Fsp3) is 0.611. The number of benzene rings is 1. The van der Waals surface area contributed by atoms with Crippen LogP contribution in [0.3, 0.4) is 0 Å². The van der Waals surface area contributed by atoms with Crippen molar-refractivity contribution in [3.63, 3.8) is 0 Å². The van der Waals surface area contributed by atoms with Crippen molar-refractivity contribution in [1.29, 1.82) is 0 Å². The molecule has 1 N–H and O–H groups in total. The summed E-state index contributed by atoms with van der Waals surface area (Å²) in [6.07, 6.45) is 2.35. The second-order valence-electron chi connectivity index (χ2n) is 6.83. The number of piperidine rings is 1. The van der Waals surface area contributed by atoms with E-state index in [1.165, 1.54) is 5.56 Å². The van der Waals surface area contributed by atoms with E-state index in [1.54, 1.807) is 0 Å². The number of aliphatic hydroxyl groups excluding tert-OH is 1. The van der Waals surface area contributed by atoms with E-state index in [9.17, 15) is 4.79 Å². The quantitative estimate of drug-likeness (QED) is 0.767. The average Bonchev–Trinajstić information content (AvgIpc) is 3.02. The van der Waals surface area contributed by atoms with Crippen molar-refractivity contribution in [1.82, 2.24) is 4.90 Å². The molecule has 2 heterocycles. The van der Waals surface area contributed by atoms with Gasteiger partial charge in [0.1, 0.15) is 0 Å². The standard InChI is InChI=1S/C18H25NO5/c1-18(11-14-2-3-15-16(10-14)24-13-23-15)5-4-17(21)19(12-18)6-8-22-9-7-20/h2-3,10,20H,4-9,11-13H2,1H3/t18-/m0/s1. The minimum absolute atomic E-state index is 0.00970. The summed E-state index contributed by atoms with van der Waals surface area (Å²) in [7, 11) is 0. The number of carbonyl (C=O) groups excluding carboxylic acids is 1. The first kappa shape index (κ1) is 17.0. The van der Waals surface area contributed by atoms with Crippen LogP contribution < -0.4 is 9.47 Å². The molecule has 1 saturated heterocycles. The van der Waals surface area contributed by atoms with Gasteiger partial charge < -0.3 is 24.2 Å². The zero-order valence-electron chi connectivity index (χ0n) is 14.1. The van der Waals surface area contributed by atoms with Gasteiger partial charge in [-0.25, -0.2) is 0 Å². The van der Waals surface area contributed by atoms with E-state index in [1.807, 2.05) is 17.0 Å². The summed E-state index contributed by atoms with van der Waals surface area (Å²) < 4.78 is 16.1. The molecule has 1 aromatic carbocycles. The molecule has 0 aliphatic carbocycles. The molecule has 0 saturated carbocycles. The van der Waals surface area contributed by atoms with Crippen LogP contribution in [0.25, 0.3) is 0 Å². The van der Waals surface area contributed by atoms with Gasteiger partial charge in [-0.3, -0.25) is 4.79 Å². The van der Waals surface area contributed by atoms with Crippen molar-refractivity contribution in [2.75, 3.05) is 39.7 Å². The van der Waals surface area contributed by atoms with Crippen molar-refractivity contribution >= 4 is 5.91 Å². The summed E-state index contributed by atoms with van der Waals surface area (Å²) in [5, 5.41) is 8.74. The Morgan fingerprint density at radius 2 is 2.12 bits per heavy atom. The number of likely N-dealkylation sites (tertiary alicyclic amines) is 1. The van der Waals surface area contributed by atoms with Gasteiger partial charge >= 0.3 is 0 Å². The lowest BCUT2D eigenvalue weighted by Gasteiger charge is -2.40. The summed E-state index contributed by atoms with van der Waals surface area (Å²) >= 11 is 0. The first-order valence-corrected chi connectivity index (χ1v) is 8.45. The largest absolute Gasteiger partial charge is 0.454 e. The number of amides is 1. The molecule has 0 spiro atoms. The van der Waals surface area contributed by atoms with Crippen molar-refractivity contribution < 1.29 is 24.1 Å². The van der Waals surface area contributed by atoms with E-state index in [4.69, 9.17) is 19.3 Å². The highest BCUT2D eigenvalue weighted by molar-refractivity contribution is 5.77. The Balaban J connectivity index is 1.60. The number of aliphatic hydroxyl groups is 1. The number of nitrogens with zero attached hydrogens (tertiary/aromatic N) is 1. The van der Waals surface area contributed by atoms with Crippen molar-refractivity contribution in [2.24, 2.45) is 5.41 Å². The molecule has 24 heavy (non-hydrogen) atoms. The number of hydrogen-bond donors (Lipinski definition) is 1. The van der Waals surface area contributed by atoms with E-state index in [2.05, 4.69) is 13.0 Å². The summed E-state index contributed by atoms with van der Waals surface area (Å²) in [5.41, 5.74) is 1.24. The smallest absolute Gasteiger partial charge is 0.231 e. The monoisotopic (exact) mass is 335 g/mol. The van der Waals surface area contributed by atoms with E-state index >= 15 is 0 Å². The van der Waals surface area contributed by atoms with Crippen LogP contribution in [-0.4, -0.2) is 55.6 Å². The van der Waals surface area contributed by atoms with Gasteiger partial charge in [0.15, 0.2) is 11.5 Å². The van der Waals surface area contributed by atoms with E-state index in [0.29, 0.717) is 26.2 Å². The number of carbonyl (C=O) groups is 1. The predicted molar refractivity (Wildman–Crippen MR) is 88.1 cm³/mol. The number of rotatable bonds is 7. The third-order valence-corrected chi connectivity index (χ3v) is 4.68. The molecular weight excluding hydrogens is 310 g/mol. The molecule has 1 fully saturated rings. The van der Waals surface area contributed by atoms with Crippen LogP contribution in [-0.2, 0) is 16.0 Å². The first-order chi connectivity index (χ1) is 11.6.